The first-order valence-corrected chi connectivity index (χ1v) is 11.7. The van der Waals surface area contributed by atoms with Crippen molar-refractivity contribution in [1.29, 1.82) is 0 Å². The molecule has 6 heteroatoms. The lowest BCUT2D eigenvalue weighted by Crippen LogP contribution is -2.35. The van der Waals surface area contributed by atoms with E-state index < -0.39 is 0 Å². The predicted octanol–water partition coefficient (Wildman–Crippen LogP) is 4.93. The highest BCUT2D eigenvalue weighted by atomic mass is 32.2. The van der Waals surface area contributed by atoms with Crippen LogP contribution < -0.4 is 10.6 Å². The molecule has 31 heavy (non-hydrogen) atoms. The molecule has 5 nitrogen and oxygen atoms in total. The van der Waals surface area contributed by atoms with E-state index in [1.165, 1.54) is 11.8 Å². The molecule has 1 aliphatic rings. The number of fused-ring (bicyclic) bond motifs is 1. The van der Waals surface area contributed by atoms with Crippen molar-refractivity contribution in [2.24, 2.45) is 0 Å². The molecule has 2 amide bonds. The van der Waals surface area contributed by atoms with Gasteiger partial charge in [0.15, 0.2) is 0 Å². The van der Waals surface area contributed by atoms with Crippen molar-refractivity contribution in [3.8, 4) is 0 Å². The van der Waals surface area contributed by atoms with Gasteiger partial charge in [-0.15, -0.1) is 0 Å². The Bertz CT molecular complexity index is 965. The largest absolute Gasteiger partial charge is 0.351 e. The number of thioether (sulfide) groups is 1. The quantitative estimate of drug-likeness (QED) is 0.546. The van der Waals surface area contributed by atoms with E-state index in [0.29, 0.717) is 22.7 Å². The van der Waals surface area contributed by atoms with Gasteiger partial charge in [0.05, 0.1) is 10.6 Å². The summed E-state index contributed by atoms with van der Waals surface area (Å²) in [5.74, 6) is -0.262. The zero-order valence-electron chi connectivity index (χ0n) is 18.5. The normalized spacial score (nSPS) is 14.5. The molecule has 164 valence electrons. The van der Waals surface area contributed by atoms with Gasteiger partial charge in [-0.2, -0.15) is 0 Å². The molecule has 0 unspecified atom stereocenters. The molecule has 2 aromatic carbocycles. The Morgan fingerprint density at radius 3 is 2.58 bits per heavy atom. The first-order valence-electron chi connectivity index (χ1n) is 10.9. The number of carbonyl (C=O) groups excluding carboxylic acids is 2. The standard InChI is InChI=1S/C25H31N3O2S/c1-4-12-28(13-5-2)14-11-26-24(29)20-9-10-22-21(17-20)27-25(30)23(31-22)16-19-8-6-7-18(3)15-19/h6-10,15-17H,4-5,11-14H2,1-3H3,(H,26,29)(H,27,30). The number of rotatable bonds is 9. The minimum atomic E-state index is -0.147. The van der Waals surface area contributed by atoms with Crippen LogP contribution in [0.5, 0.6) is 0 Å². The Morgan fingerprint density at radius 2 is 1.87 bits per heavy atom. The molecule has 2 N–H and O–H groups in total. The number of anilines is 1. The number of hydrogen-bond acceptors (Lipinski definition) is 4. The van der Waals surface area contributed by atoms with Crippen molar-refractivity contribution >= 4 is 35.3 Å². The van der Waals surface area contributed by atoms with Crippen LogP contribution >= 0.6 is 11.8 Å². The average molecular weight is 438 g/mol. The molecule has 0 spiro atoms. The summed E-state index contributed by atoms with van der Waals surface area (Å²) >= 11 is 1.43. The maximum absolute atomic E-state index is 12.6. The Morgan fingerprint density at radius 1 is 1.10 bits per heavy atom. The Labute approximate surface area is 189 Å². The van der Waals surface area contributed by atoms with Crippen LogP contribution in [0, 0.1) is 6.92 Å². The monoisotopic (exact) mass is 437 g/mol. The summed E-state index contributed by atoms with van der Waals surface area (Å²) < 4.78 is 0. The topological polar surface area (TPSA) is 61.4 Å². The minimum Gasteiger partial charge on any atom is -0.351 e. The van der Waals surface area contributed by atoms with Crippen LogP contribution in [0.4, 0.5) is 5.69 Å². The van der Waals surface area contributed by atoms with Crippen molar-refractivity contribution in [3.63, 3.8) is 0 Å². The highest BCUT2D eigenvalue weighted by Crippen LogP contribution is 2.39. The van der Waals surface area contributed by atoms with Crippen LogP contribution in [-0.2, 0) is 4.79 Å². The third kappa shape index (κ3) is 6.45. The summed E-state index contributed by atoms with van der Waals surface area (Å²) in [6, 6.07) is 13.5. The number of hydrogen-bond donors (Lipinski definition) is 2. The smallest absolute Gasteiger partial charge is 0.262 e. The van der Waals surface area contributed by atoms with E-state index >= 15 is 0 Å². The van der Waals surface area contributed by atoms with Crippen LogP contribution in [0.2, 0.25) is 0 Å². The average Bonchev–Trinajstić information content (AvgIpc) is 2.74. The fraction of sp³-hybridized carbons (Fsp3) is 0.360. The lowest BCUT2D eigenvalue weighted by molar-refractivity contribution is -0.112. The lowest BCUT2D eigenvalue weighted by Gasteiger charge is -2.21. The van der Waals surface area contributed by atoms with Crippen LogP contribution in [0.15, 0.2) is 52.3 Å². The number of benzene rings is 2. The summed E-state index contributed by atoms with van der Waals surface area (Å²) in [6.07, 6.45) is 4.11. The van der Waals surface area contributed by atoms with Gasteiger partial charge in [-0.3, -0.25) is 9.59 Å². The number of nitrogens with zero attached hydrogens (tertiary/aromatic N) is 1. The van der Waals surface area contributed by atoms with Crippen LogP contribution in [0.1, 0.15) is 48.2 Å². The Kier molecular flexibility index (Phi) is 8.32. The first-order chi connectivity index (χ1) is 15.0. The number of amides is 2. The van der Waals surface area contributed by atoms with E-state index in [1.807, 2.05) is 49.4 Å². The number of nitrogens with one attached hydrogen (secondary N) is 2. The molecule has 0 bridgehead atoms. The zero-order valence-corrected chi connectivity index (χ0v) is 19.3. The van der Waals surface area contributed by atoms with Gasteiger partial charge in [-0.25, -0.2) is 0 Å². The van der Waals surface area contributed by atoms with Gasteiger partial charge in [0.2, 0.25) is 0 Å². The SMILES string of the molecule is CCCN(CCC)CCNC(=O)c1ccc2c(c1)NC(=O)C(=Cc1cccc(C)c1)S2. The van der Waals surface area contributed by atoms with Gasteiger partial charge >= 0.3 is 0 Å². The van der Waals surface area contributed by atoms with Gasteiger partial charge in [0.25, 0.3) is 11.8 Å². The highest BCUT2D eigenvalue weighted by molar-refractivity contribution is 8.04. The van der Waals surface area contributed by atoms with Crippen molar-refractivity contribution in [2.75, 3.05) is 31.5 Å². The summed E-state index contributed by atoms with van der Waals surface area (Å²) in [4.78, 5) is 29.1. The Hall–Kier alpha value is -2.57. The van der Waals surface area contributed by atoms with E-state index in [2.05, 4.69) is 29.4 Å². The van der Waals surface area contributed by atoms with E-state index in [4.69, 9.17) is 0 Å². The fourth-order valence-electron chi connectivity index (χ4n) is 3.61. The summed E-state index contributed by atoms with van der Waals surface area (Å²) in [5.41, 5.74) is 3.39. The second-order valence-corrected chi connectivity index (χ2v) is 8.87. The van der Waals surface area contributed by atoms with Crippen molar-refractivity contribution < 1.29 is 9.59 Å². The maximum Gasteiger partial charge on any atom is 0.262 e. The maximum atomic E-state index is 12.6. The van der Waals surface area contributed by atoms with Gasteiger partial charge in [0, 0.05) is 23.5 Å². The van der Waals surface area contributed by atoms with Gasteiger partial charge in [-0.1, -0.05) is 55.4 Å². The van der Waals surface area contributed by atoms with E-state index in [0.717, 1.165) is 48.5 Å². The molecule has 0 saturated carbocycles. The molecule has 1 aliphatic heterocycles. The molecule has 0 saturated heterocycles. The fourth-order valence-corrected chi connectivity index (χ4v) is 4.54. The summed E-state index contributed by atoms with van der Waals surface area (Å²) in [6.45, 7) is 9.92. The Balaban J connectivity index is 1.64. The molecule has 0 aliphatic carbocycles. The molecular weight excluding hydrogens is 406 g/mol. The van der Waals surface area contributed by atoms with E-state index in [9.17, 15) is 9.59 Å². The first kappa shape index (κ1) is 23.1. The molecule has 1 heterocycles. The highest BCUT2D eigenvalue weighted by Gasteiger charge is 2.22. The third-order valence-electron chi connectivity index (χ3n) is 5.07. The molecule has 0 atom stereocenters. The molecular formula is C25H31N3O2S. The van der Waals surface area contributed by atoms with Crippen molar-refractivity contribution in [3.05, 3.63) is 64.1 Å². The van der Waals surface area contributed by atoms with E-state index in [-0.39, 0.29) is 11.8 Å². The van der Waals surface area contributed by atoms with Gasteiger partial charge in [0.1, 0.15) is 0 Å². The van der Waals surface area contributed by atoms with Crippen LogP contribution in [0.3, 0.4) is 0 Å². The van der Waals surface area contributed by atoms with Crippen LogP contribution in [-0.4, -0.2) is 42.9 Å². The predicted molar refractivity (Wildman–Crippen MR) is 129 cm³/mol. The molecule has 0 aromatic heterocycles. The zero-order chi connectivity index (χ0) is 22.2. The van der Waals surface area contributed by atoms with Gasteiger partial charge in [-0.05, 0) is 62.7 Å². The second kappa shape index (κ2) is 11.2. The molecule has 2 aromatic rings. The second-order valence-electron chi connectivity index (χ2n) is 7.79. The minimum absolute atomic E-state index is 0.115. The summed E-state index contributed by atoms with van der Waals surface area (Å²) in [7, 11) is 0. The molecule has 0 radical (unpaired) electrons. The van der Waals surface area contributed by atoms with Crippen LogP contribution in [0.25, 0.3) is 6.08 Å². The third-order valence-corrected chi connectivity index (χ3v) is 6.17. The van der Waals surface area contributed by atoms with E-state index in [1.54, 1.807) is 6.07 Å². The summed E-state index contributed by atoms with van der Waals surface area (Å²) in [5, 5.41) is 5.93. The molecule has 0 fully saturated rings. The lowest BCUT2D eigenvalue weighted by atomic mass is 10.1. The molecule has 3 rings (SSSR count). The van der Waals surface area contributed by atoms with Crippen molar-refractivity contribution in [2.45, 2.75) is 38.5 Å². The number of aryl methyl sites for hydroxylation is 1. The number of carbonyl (C=O) groups is 2. The van der Waals surface area contributed by atoms with Gasteiger partial charge < -0.3 is 15.5 Å². The van der Waals surface area contributed by atoms with Crippen molar-refractivity contribution in [1.82, 2.24) is 10.2 Å².